The molecule has 1 fully saturated rings. The van der Waals surface area contributed by atoms with Gasteiger partial charge in [-0.2, -0.15) is 13.2 Å². The summed E-state index contributed by atoms with van der Waals surface area (Å²) in [6.45, 7) is 2.83. The number of hydrogen-bond acceptors (Lipinski definition) is 3. The fourth-order valence-corrected chi connectivity index (χ4v) is 3.69. The van der Waals surface area contributed by atoms with Crippen LogP contribution in [0, 0.1) is 0 Å². The van der Waals surface area contributed by atoms with Gasteiger partial charge < -0.3 is 5.32 Å². The van der Waals surface area contributed by atoms with E-state index in [-0.39, 0.29) is 0 Å². The van der Waals surface area contributed by atoms with Gasteiger partial charge in [0.05, 0.1) is 16.2 Å². The van der Waals surface area contributed by atoms with Crippen molar-refractivity contribution in [1.82, 2.24) is 10.2 Å². The first-order chi connectivity index (χ1) is 8.46. The molecule has 2 nitrogen and oxygen atoms in total. The van der Waals surface area contributed by atoms with Crippen LogP contribution in [0.3, 0.4) is 0 Å². The number of piperazine rings is 1. The Morgan fingerprint density at radius 3 is 2.50 bits per heavy atom. The van der Waals surface area contributed by atoms with Gasteiger partial charge in [0.1, 0.15) is 0 Å². The number of hydrogen-bond donors (Lipinski definition) is 1. The highest BCUT2D eigenvalue weighted by Crippen LogP contribution is 2.38. The van der Waals surface area contributed by atoms with E-state index in [0.717, 1.165) is 21.8 Å². The second-order valence-corrected chi connectivity index (χ2v) is 6.76. The lowest BCUT2D eigenvalue weighted by atomic mass is 10.1. The number of nitrogens with zero attached hydrogens (tertiary/aromatic N) is 1. The summed E-state index contributed by atoms with van der Waals surface area (Å²) in [4.78, 5) is 2.70. The molecular weight excluding hydrogens is 329 g/mol. The van der Waals surface area contributed by atoms with Crippen molar-refractivity contribution in [2.24, 2.45) is 0 Å². The van der Waals surface area contributed by atoms with Gasteiger partial charge in [-0.3, -0.25) is 4.90 Å². The molecule has 0 bridgehead atoms. The van der Waals surface area contributed by atoms with Gasteiger partial charge in [0.25, 0.3) is 0 Å². The summed E-state index contributed by atoms with van der Waals surface area (Å²) in [6.07, 6.45) is -4.91. The van der Waals surface area contributed by atoms with Crippen molar-refractivity contribution in [3.05, 3.63) is 20.8 Å². The van der Waals surface area contributed by atoms with Crippen LogP contribution in [-0.2, 0) is 0 Å². The number of alkyl halides is 3. The average molecular weight is 343 g/mol. The highest BCUT2D eigenvalue weighted by atomic mass is 79.9. The van der Waals surface area contributed by atoms with E-state index in [9.17, 15) is 13.2 Å². The Hall–Kier alpha value is -0.110. The molecule has 1 saturated heterocycles. The van der Waals surface area contributed by atoms with Crippen LogP contribution in [0.15, 0.2) is 15.9 Å². The highest BCUT2D eigenvalue weighted by molar-refractivity contribution is 9.11. The summed E-state index contributed by atoms with van der Waals surface area (Å²) < 4.78 is 39.0. The van der Waals surface area contributed by atoms with Gasteiger partial charge in [0.2, 0.25) is 0 Å². The molecular formula is C11H14BrF3N2S. The quantitative estimate of drug-likeness (QED) is 0.905. The van der Waals surface area contributed by atoms with Gasteiger partial charge >= 0.3 is 6.18 Å². The van der Waals surface area contributed by atoms with Crippen LogP contribution in [0.4, 0.5) is 13.2 Å². The molecule has 0 radical (unpaired) electrons. The zero-order valence-electron chi connectivity index (χ0n) is 9.63. The third kappa shape index (κ3) is 3.94. The molecule has 7 heteroatoms. The molecule has 0 spiro atoms. The van der Waals surface area contributed by atoms with E-state index in [2.05, 4.69) is 21.2 Å². The van der Waals surface area contributed by atoms with Crippen molar-refractivity contribution in [3.63, 3.8) is 0 Å². The smallest absolute Gasteiger partial charge is 0.314 e. The highest BCUT2D eigenvalue weighted by Gasteiger charge is 2.36. The molecule has 1 atom stereocenters. The summed E-state index contributed by atoms with van der Waals surface area (Å²) in [5.41, 5.74) is 0. The molecule has 1 aliphatic rings. The van der Waals surface area contributed by atoms with E-state index in [0.29, 0.717) is 13.1 Å². The largest absolute Gasteiger partial charge is 0.390 e. The van der Waals surface area contributed by atoms with E-state index >= 15 is 0 Å². The SMILES string of the molecule is FC(F)(F)C[C@H](c1ccc(Br)s1)N1CCNCC1. The molecule has 0 amide bonds. The first-order valence-electron chi connectivity index (χ1n) is 5.72. The molecule has 1 aromatic rings. The van der Waals surface area contributed by atoms with Crippen LogP contribution in [0.2, 0.25) is 0 Å². The zero-order valence-corrected chi connectivity index (χ0v) is 12.0. The topological polar surface area (TPSA) is 15.3 Å². The number of nitrogens with one attached hydrogen (secondary N) is 1. The van der Waals surface area contributed by atoms with E-state index in [4.69, 9.17) is 0 Å². The van der Waals surface area contributed by atoms with Crippen molar-refractivity contribution in [1.29, 1.82) is 0 Å². The van der Waals surface area contributed by atoms with Crippen molar-refractivity contribution in [2.45, 2.75) is 18.6 Å². The fourth-order valence-electron chi connectivity index (χ4n) is 2.13. The van der Waals surface area contributed by atoms with E-state index < -0.39 is 18.6 Å². The van der Waals surface area contributed by atoms with Gasteiger partial charge in [0, 0.05) is 31.1 Å². The Bertz CT molecular complexity index is 388. The lowest BCUT2D eigenvalue weighted by Crippen LogP contribution is -2.45. The van der Waals surface area contributed by atoms with E-state index in [1.165, 1.54) is 11.3 Å². The number of halogens is 4. The third-order valence-corrected chi connectivity index (χ3v) is 4.66. The molecule has 102 valence electrons. The normalized spacial score (nSPS) is 20.0. The predicted octanol–water partition coefficient (Wildman–Crippen LogP) is 3.41. The summed E-state index contributed by atoms with van der Waals surface area (Å²) >= 11 is 4.70. The van der Waals surface area contributed by atoms with Gasteiger partial charge in [-0.1, -0.05) is 0 Å². The maximum Gasteiger partial charge on any atom is 0.390 e. The molecule has 0 saturated carbocycles. The van der Waals surface area contributed by atoms with Crippen LogP contribution >= 0.6 is 27.3 Å². The monoisotopic (exact) mass is 342 g/mol. The molecule has 2 heterocycles. The fraction of sp³-hybridized carbons (Fsp3) is 0.636. The maximum atomic E-state index is 12.7. The summed E-state index contributed by atoms with van der Waals surface area (Å²) in [7, 11) is 0. The lowest BCUT2D eigenvalue weighted by Gasteiger charge is -2.34. The first kappa shape index (κ1) is 14.3. The minimum Gasteiger partial charge on any atom is -0.314 e. The Morgan fingerprint density at radius 2 is 2.00 bits per heavy atom. The van der Waals surface area contributed by atoms with Crippen LogP contribution in [0.5, 0.6) is 0 Å². The van der Waals surface area contributed by atoms with Crippen molar-refractivity contribution in [2.75, 3.05) is 26.2 Å². The minimum absolute atomic E-state index is 0.552. The van der Waals surface area contributed by atoms with Gasteiger partial charge in [0.15, 0.2) is 0 Å². The molecule has 18 heavy (non-hydrogen) atoms. The molecule has 0 unspecified atom stereocenters. The van der Waals surface area contributed by atoms with Crippen LogP contribution in [-0.4, -0.2) is 37.3 Å². The molecule has 1 aromatic heterocycles. The second kappa shape index (κ2) is 5.90. The van der Waals surface area contributed by atoms with Crippen LogP contribution < -0.4 is 5.32 Å². The molecule has 0 aromatic carbocycles. The number of rotatable bonds is 3. The lowest BCUT2D eigenvalue weighted by molar-refractivity contribution is -0.148. The summed E-state index contributed by atoms with van der Waals surface area (Å²) in [5, 5.41) is 3.16. The first-order valence-corrected chi connectivity index (χ1v) is 7.33. The summed E-state index contributed by atoms with van der Waals surface area (Å²) in [6, 6.07) is 3.04. The van der Waals surface area contributed by atoms with Gasteiger partial charge in [-0.15, -0.1) is 11.3 Å². The Morgan fingerprint density at radius 1 is 1.33 bits per heavy atom. The van der Waals surface area contributed by atoms with Crippen LogP contribution in [0.25, 0.3) is 0 Å². The summed E-state index contributed by atoms with van der Waals surface area (Å²) in [5.74, 6) is 0. The predicted molar refractivity (Wildman–Crippen MR) is 69.9 cm³/mol. The Labute approximate surface area is 116 Å². The zero-order chi connectivity index (χ0) is 13.2. The molecule has 1 N–H and O–H groups in total. The molecule has 0 aliphatic carbocycles. The van der Waals surface area contributed by atoms with Gasteiger partial charge in [-0.25, -0.2) is 0 Å². The van der Waals surface area contributed by atoms with Crippen LogP contribution in [0.1, 0.15) is 17.3 Å². The standard InChI is InChI=1S/C11H14BrF3N2S/c12-10-2-1-9(18-10)8(7-11(13,14)15)17-5-3-16-4-6-17/h1-2,8,16H,3-7H2/t8-/m1/s1. The maximum absolute atomic E-state index is 12.7. The Kier molecular flexibility index (Phi) is 4.69. The average Bonchev–Trinajstić information content (AvgIpc) is 2.73. The van der Waals surface area contributed by atoms with Gasteiger partial charge in [-0.05, 0) is 28.1 Å². The third-order valence-electron chi connectivity index (χ3n) is 2.94. The van der Waals surface area contributed by atoms with E-state index in [1.54, 1.807) is 6.07 Å². The van der Waals surface area contributed by atoms with Crippen molar-refractivity contribution < 1.29 is 13.2 Å². The number of thiophene rings is 1. The van der Waals surface area contributed by atoms with Crippen molar-refractivity contribution >= 4 is 27.3 Å². The Balaban J connectivity index is 2.16. The van der Waals surface area contributed by atoms with E-state index in [1.807, 2.05) is 11.0 Å². The van der Waals surface area contributed by atoms with Crippen molar-refractivity contribution in [3.8, 4) is 0 Å². The minimum atomic E-state index is -4.13. The second-order valence-electron chi connectivity index (χ2n) is 4.26. The molecule has 1 aliphatic heterocycles. The molecule has 2 rings (SSSR count).